The normalized spacial score (nSPS) is 14.5. The van der Waals surface area contributed by atoms with Gasteiger partial charge in [0.1, 0.15) is 11.5 Å². The lowest BCUT2D eigenvalue weighted by atomic mass is 9.88. The van der Waals surface area contributed by atoms with Crippen molar-refractivity contribution in [3.8, 4) is 11.5 Å². The van der Waals surface area contributed by atoms with E-state index in [2.05, 4.69) is 0 Å². The first-order chi connectivity index (χ1) is 25.7. The van der Waals surface area contributed by atoms with Gasteiger partial charge in [-0.05, 0) is 118 Å². The Hall–Kier alpha value is -3.26. The number of halogens is 22. The van der Waals surface area contributed by atoms with Crippen LogP contribution in [0.1, 0.15) is 22.3 Å². The van der Waals surface area contributed by atoms with E-state index in [0.29, 0.717) is 12.1 Å². The van der Waals surface area contributed by atoms with Gasteiger partial charge in [0.05, 0.1) is 0 Å². The van der Waals surface area contributed by atoms with Crippen molar-refractivity contribution in [2.75, 3.05) is 0 Å². The molecule has 0 fully saturated rings. The molecule has 0 aliphatic carbocycles. The maximum absolute atomic E-state index is 14.8. The molecule has 4 rings (SSSR count). The van der Waals surface area contributed by atoms with Crippen molar-refractivity contribution < 1.29 is 92.5 Å². The number of hydrogen-bond donors (Lipinski definition) is 0. The monoisotopic (exact) mass is 1070 g/mol. The minimum atomic E-state index is -7.45. The number of alkyl halides is 20. The Bertz CT molecular complexity index is 1920. The van der Waals surface area contributed by atoms with Gasteiger partial charge in [-0.15, -0.1) is 0 Å². The van der Waals surface area contributed by atoms with Crippen LogP contribution in [-0.4, -0.2) is 35.5 Å². The fourth-order valence-corrected chi connectivity index (χ4v) is 5.96. The van der Waals surface area contributed by atoms with Crippen LogP contribution in [0.25, 0.3) is 0 Å². The summed E-state index contributed by atoms with van der Waals surface area (Å²) < 4.78 is 297. The molecular weight excluding hydrogens is 1060 g/mol. The molecule has 0 saturated carbocycles. The Morgan fingerprint density at radius 1 is 0.298 bits per heavy atom. The maximum Gasteiger partial charge on any atom is 0.385 e. The van der Waals surface area contributed by atoms with Crippen LogP contribution < -0.4 is 4.74 Å². The quantitative estimate of drug-likeness (QED) is 0.0903. The highest BCUT2D eigenvalue weighted by molar-refractivity contribution is 14.1. The molecule has 0 aromatic heterocycles. The number of benzene rings is 4. The van der Waals surface area contributed by atoms with E-state index in [1.54, 1.807) is 0 Å². The van der Waals surface area contributed by atoms with Crippen molar-refractivity contribution >= 4 is 45.2 Å². The van der Waals surface area contributed by atoms with Gasteiger partial charge in [0.25, 0.3) is 0 Å². The smallest absolute Gasteiger partial charge is 0.385 e. The van der Waals surface area contributed by atoms with Crippen LogP contribution in [0.5, 0.6) is 11.5 Å². The molecule has 0 bridgehead atoms. The molecule has 0 aliphatic heterocycles. The molecule has 312 valence electrons. The van der Waals surface area contributed by atoms with Crippen LogP contribution in [-0.2, 0) is 23.7 Å². The molecule has 1 nitrogen and oxygen atoms in total. The van der Waals surface area contributed by atoms with Gasteiger partial charge in [-0.3, -0.25) is 0 Å². The minimum absolute atomic E-state index is 0.146. The van der Waals surface area contributed by atoms with E-state index in [0.717, 1.165) is 12.1 Å². The molecule has 0 atom stereocenters. The predicted octanol–water partition coefficient (Wildman–Crippen LogP) is 14.3. The fraction of sp³-hybridized carbons (Fsp3) is 0.294. The summed E-state index contributed by atoms with van der Waals surface area (Å²) in [5.74, 6) is -70.2. The van der Waals surface area contributed by atoms with Crippen LogP contribution in [0.2, 0.25) is 0 Å². The summed E-state index contributed by atoms with van der Waals surface area (Å²) in [7, 11) is 0. The fourth-order valence-electron chi connectivity index (χ4n) is 4.88. The van der Waals surface area contributed by atoms with Crippen LogP contribution >= 0.6 is 45.2 Å². The lowest BCUT2D eigenvalue weighted by Crippen LogP contribution is -2.65. The Morgan fingerprint density at radius 3 is 0.789 bits per heavy atom. The average Bonchev–Trinajstić information content (AvgIpc) is 3.11. The molecule has 0 radical (unpaired) electrons. The number of hydrogen-bond acceptors (Lipinski definition) is 1. The van der Waals surface area contributed by atoms with Crippen LogP contribution in [0, 0.1) is 7.14 Å². The van der Waals surface area contributed by atoms with Gasteiger partial charge < -0.3 is 4.74 Å². The van der Waals surface area contributed by atoms with Gasteiger partial charge in [0.15, 0.2) is 0 Å². The Morgan fingerprint density at radius 2 is 0.544 bits per heavy atom. The average molecular weight is 1070 g/mol. The van der Waals surface area contributed by atoms with Gasteiger partial charge in [0, 0.05) is 29.4 Å². The summed E-state index contributed by atoms with van der Waals surface area (Å²) in [5, 5.41) is 0. The zero-order valence-corrected chi connectivity index (χ0v) is 31.3. The second-order valence-corrected chi connectivity index (χ2v) is 14.4. The second-order valence-electron chi connectivity index (χ2n) is 11.9. The van der Waals surface area contributed by atoms with Gasteiger partial charge in [0.2, 0.25) is 0 Å². The molecule has 0 spiro atoms. The maximum atomic E-state index is 14.8. The molecule has 0 unspecified atom stereocenters. The summed E-state index contributed by atoms with van der Waals surface area (Å²) in [6.45, 7) is 0. The largest absolute Gasteiger partial charge is 0.457 e. The number of rotatable bonds is 14. The van der Waals surface area contributed by atoms with Crippen molar-refractivity contribution in [1.29, 1.82) is 0 Å². The highest BCUT2D eigenvalue weighted by atomic mass is 127. The Balaban J connectivity index is 1.57. The van der Waals surface area contributed by atoms with Crippen LogP contribution in [0.15, 0.2) is 97.1 Å². The first-order valence-electron chi connectivity index (χ1n) is 14.9. The predicted molar refractivity (Wildman–Crippen MR) is 177 cm³/mol. The molecule has 0 amide bonds. The van der Waals surface area contributed by atoms with Crippen molar-refractivity contribution in [3.63, 3.8) is 0 Å². The van der Waals surface area contributed by atoms with E-state index in [9.17, 15) is 87.8 Å². The van der Waals surface area contributed by atoms with E-state index in [-0.39, 0.29) is 79.9 Å². The van der Waals surface area contributed by atoms with Crippen molar-refractivity contribution in [1.82, 2.24) is 0 Å². The molecule has 0 saturated heterocycles. The van der Waals surface area contributed by atoms with E-state index >= 15 is 0 Å². The molecule has 4 aromatic rings. The van der Waals surface area contributed by atoms with Crippen molar-refractivity contribution in [3.05, 3.63) is 126 Å². The topological polar surface area (TPSA) is 9.23 Å². The zero-order chi connectivity index (χ0) is 43.6. The third-order valence-electron chi connectivity index (χ3n) is 8.20. The summed E-state index contributed by atoms with van der Waals surface area (Å²) in [6.07, 6.45) is 0. The minimum Gasteiger partial charge on any atom is -0.457 e. The third kappa shape index (κ3) is 7.26. The van der Waals surface area contributed by atoms with Gasteiger partial charge in [-0.1, -0.05) is 24.3 Å². The first-order valence-corrected chi connectivity index (χ1v) is 17.0. The number of ether oxygens (including phenoxy) is 1. The lowest BCUT2D eigenvalue weighted by molar-refractivity contribution is -0.407. The lowest BCUT2D eigenvalue weighted by Gasteiger charge is -2.39. The SMILES string of the molecule is FC(F)(c1ccc(Oc2ccc(C(F)(F)C(F)(F)C(F)(F)C(F)(F)C(F)(F)c3cccc(I)c3)cc2)cc1)C(F)(F)C(F)(F)C(F)(F)C(F)(F)c1cccc(I)c1. The summed E-state index contributed by atoms with van der Waals surface area (Å²) in [4.78, 5) is 0. The zero-order valence-electron chi connectivity index (χ0n) is 27.0. The van der Waals surface area contributed by atoms with Gasteiger partial charge >= 0.3 is 59.2 Å². The van der Waals surface area contributed by atoms with E-state index in [1.165, 1.54) is 45.2 Å². The second kappa shape index (κ2) is 14.8. The highest BCUT2D eigenvalue weighted by Gasteiger charge is 2.88. The van der Waals surface area contributed by atoms with Crippen LogP contribution in [0.3, 0.4) is 0 Å². The molecule has 4 aromatic carbocycles. The summed E-state index contributed by atoms with van der Waals surface area (Å²) >= 11 is 2.57. The molecule has 23 heteroatoms. The summed E-state index contributed by atoms with van der Waals surface area (Å²) in [5.41, 5.74) is -8.20. The molecule has 0 aliphatic rings. The van der Waals surface area contributed by atoms with E-state index < -0.39 is 93.0 Å². The van der Waals surface area contributed by atoms with E-state index in [4.69, 9.17) is 4.74 Å². The van der Waals surface area contributed by atoms with Gasteiger partial charge in [-0.2, -0.15) is 87.8 Å². The Kier molecular flexibility index (Phi) is 12.0. The molecular formula is C34H16F20I2O. The molecule has 0 N–H and O–H groups in total. The molecule has 0 heterocycles. The highest BCUT2D eigenvalue weighted by Crippen LogP contribution is 2.63. The van der Waals surface area contributed by atoms with Gasteiger partial charge in [-0.25, -0.2) is 0 Å². The molecule has 57 heavy (non-hydrogen) atoms. The standard InChI is InChI=1S/C34H16F20I2O/c35-25(36,29(43,44)33(51,52)31(47,48)27(39,40)19-3-1-5-21(55)15-19)17-7-11-23(12-8-17)57-24-13-9-18(10-14-24)26(37,38)30(45,46)34(53,54)32(49,50)28(41,42)20-4-2-6-22(56)16-20/h1-16H. The van der Waals surface area contributed by atoms with Crippen LogP contribution in [0.4, 0.5) is 87.8 Å². The van der Waals surface area contributed by atoms with Crippen molar-refractivity contribution in [2.24, 2.45) is 0 Å². The van der Waals surface area contributed by atoms with Crippen molar-refractivity contribution in [2.45, 2.75) is 59.2 Å². The summed E-state index contributed by atoms with van der Waals surface area (Å²) in [6, 6.07) is 4.52. The first kappa shape index (κ1) is 46.4. The Labute approximate surface area is 333 Å². The third-order valence-corrected chi connectivity index (χ3v) is 9.54. The van der Waals surface area contributed by atoms with E-state index in [1.807, 2.05) is 0 Å².